The normalized spacial score (nSPS) is 15.5. The van der Waals surface area contributed by atoms with E-state index in [1.807, 2.05) is 0 Å². The molecule has 7 heteroatoms. The summed E-state index contributed by atoms with van der Waals surface area (Å²) in [6.45, 7) is 0.218. The van der Waals surface area contributed by atoms with Crippen molar-refractivity contribution in [1.82, 2.24) is 9.62 Å². The van der Waals surface area contributed by atoms with E-state index >= 15 is 0 Å². The Balaban J connectivity index is 1.63. The molecule has 3 rings (SSSR count). The first-order valence-corrected chi connectivity index (χ1v) is 11.3. The van der Waals surface area contributed by atoms with Crippen LogP contribution in [-0.2, 0) is 16.6 Å². The molecule has 1 aliphatic rings. The Morgan fingerprint density at radius 1 is 1.04 bits per heavy atom. The average molecular weight is 421 g/mol. The van der Waals surface area contributed by atoms with Crippen LogP contribution in [0, 0.1) is 0 Å². The highest BCUT2D eigenvalue weighted by Gasteiger charge is 2.21. The van der Waals surface area contributed by atoms with E-state index in [9.17, 15) is 13.2 Å². The number of hydrogen-bond donors (Lipinski definition) is 1. The first-order valence-electron chi connectivity index (χ1n) is 9.48. The van der Waals surface area contributed by atoms with E-state index < -0.39 is 10.0 Å². The number of carbonyl (C=O) groups is 1. The zero-order valence-corrected chi connectivity index (χ0v) is 17.5. The summed E-state index contributed by atoms with van der Waals surface area (Å²) in [4.78, 5) is 12.6. The summed E-state index contributed by atoms with van der Waals surface area (Å²) in [5, 5.41) is 3.58. The van der Waals surface area contributed by atoms with Crippen molar-refractivity contribution in [3.8, 4) is 0 Å². The van der Waals surface area contributed by atoms with Crippen molar-refractivity contribution in [2.24, 2.45) is 0 Å². The maximum absolute atomic E-state index is 12.7. The summed E-state index contributed by atoms with van der Waals surface area (Å²) in [5.74, 6) is -0.0689. The van der Waals surface area contributed by atoms with Crippen LogP contribution in [0.4, 0.5) is 0 Å². The van der Waals surface area contributed by atoms with Gasteiger partial charge in [-0.25, -0.2) is 8.42 Å². The predicted molar refractivity (Wildman–Crippen MR) is 111 cm³/mol. The molecular weight excluding hydrogens is 396 g/mol. The van der Waals surface area contributed by atoms with Crippen molar-refractivity contribution in [3.05, 3.63) is 64.7 Å². The summed E-state index contributed by atoms with van der Waals surface area (Å²) < 4.78 is 26.6. The monoisotopic (exact) mass is 420 g/mol. The molecule has 0 aromatic heterocycles. The molecule has 2 aromatic carbocycles. The van der Waals surface area contributed by atoms with Crippen LogP contribution in [0.25, 0.3) is 0 Å². The molecule has 5 nitrogen and oxygen atoms in total. The fourth-order valence-corrected chi connectivity index (χ4v) is 4.69. The molecule has 2 aromatic rings. The Morgan fingerprint density at radius 3 is 2.25 bits per heavy atom. The molecule has 0 saturated heterocycles. The number of nitrogens with zero attached hydrogens (tertiary/aromatic N) is 1. The minimum absolute atomic E-state index is 0.0689. The van der Waals surface area contributed by atoms with Crippen molar-refractivity contribution < 1.29 is 13.2 Å². The van der Waals surface area contributed by atoms with Gasteiger partial charge in [-0.3, -0.25) is 4.79 Å². The summed E-state index contributed by atoms with van der Waals surface area (Å²) in [6, 6.07) is 13.4. The first-order chi connectivity index (χ1) is 13.4. The highest BCUT2D eigenvalue weighted by molar-refractivity contribution is 7.89. The standard InChI is InChI=1S/C21H25ClN2O3S/c1-24(28(26,27)20-13-11-18(22)12-14-20)15-16-7-9-17(10-8-16)21(25)23-19-5-3-2-4-6-19/h7-14,19H,2-6,15H2,1H3,(H,23,25). The fourth-order valence-electron chi connectivity index (χ4n) is 3.41. The smallest absolute Gasteiger partial charge is 0.251 e. The van der Waals surface area contributed by atoms with Crippen molar-refractivity contribution >= 4 is 27.5 Å². The molecule has 1 saturated carbocycles. The van der Waals surface area contributed by atoms with Crippen molar-refractivity contribution in [2.45, 2.75) is 49.6 Å². The number of benzene rings is 2. The molecular formula is C21H25ClN2O3S. The highest BCUT2D eigenvalue weighted by atomic mass is 35.5. The largest absolute Gasteiger partial charge is 0.349 e. The highest BCUT2D eigenvalue weighted by Crippen LogP contribution is 2.20. The van der Waals surface area contributed by atoms with Crippen LogP contribution in [0.2, 0.25) is 5.02 Å². The second-order valence-electron chi connectivity index (χ2n) is 7.22. The minimum atomic E-state index is -3.60. The minimum Gasteiger partial charge on any atom is -0.349 e. The lowest BCUT2D eigenvalue weighted by Gasteiger charge is -2.22. The number of nitrogens with one attached hydrogen (secondary N) is 1. The lowest BCUT2D eigenvalue weighted by molar-refractivity contribution is 0.0927. The van der Waals surface area contributed by atoms with Gasteiger partial charge in [0.05, 0.1) is 4.90 Å². The molecule has 1 fully saturated rings. The Kier molecular flexibility index (Phi) is 6.75. The second-order valence-corrected chi connectivity index (χ2v) is 9.70. The van der Waals surface area contributed by atoms with Gasteiger partial charge in [0.1, 0.15) is 0 Å². The Hall–Kier alpha value is -1.89. The zero-order chi connectivity index (χ0) is 20.1. The number of halogens is 1. The molecule has 1 N–H and O–H groups in total. The Labute approximate surface area is 171 Å². The molecule has 0 aliphatic heterocycles. The zero-order valence-electron chi connectivity index (χ0n) is 15.9. The third kappa shape index (κ3) is 5.13. The maximum Gasteiger partial charge on any atom is 0.251 e. The van der Waals surface area contributed by atoms with Crippen LogP contribution >= 0.6 is 11.6 Å². The molecule has 0 radical (unpaired) electrons. The Bertz CT molecular complexity index is 906. The number of sulfonamides is 1. The SMILES string of the molecule is CN(Cc1ccc(C(=O)NC2CCCCC2)cc1)S(=O)(=O)c1ccc(Cl)cc1. The maximum atomic E-state index is 12.7. The molecule has 0 heterocycles. The van der Waals surface area contributed by atoms with Gasteiger partial charge in [-0.05, 0) is 54.8 Å². The summed E-state index contributed by atoms with van der Waals surface area (Å²) in [7, 11) is -2.07. The van der Waals surface area contributed by atoms with Gasteiger partial charge in [0, 0.05) is 30.2 Å². The number of carbonyl (C=O) groups excluding carboxylic acids is 1. The molecule has 1 amide bonds. The van der Waals surface area contributed by atoms with Crippen LogP contribution in [0.3, 0.4) is 0 Å². The first kappa shape index (κ1) is 20.8. The van der Waals surface area contributed by atoms with Crippen molar-refractivity contribution in [2.75, 3.05) is 7.05 Å². The van der Waals surface area contributed by atoms with E-state index in [-0.39, 0.29) is 23.4 Å². The quantitative estimate of drug-likeness (QED) is 0.760. The average Bonchev–Trinajstić information content (AvgIpc) is 2.69. The molecule has 28 heavy (non-hydrogen) atoms. The lowest BCUT2D eigenvalue weighted by atomic mass is 9.95. The molecule has 0 bridgehead atoms. The lowest BCUT2D eigenvalue weighted by Crippen LogP contribution is -2.36. The number of rotatable bonds is 6. The van der Waals surface area contributed by atoms with Gasteiger partial charge in [-0.15, -0.1) is 0 Å². The van der Waals surface area contributed by atoms with Gasteiger partial charge in [0.15, 0.2) is 0 Å². The van der Waals surface area contributed by atoms with E-state index in [0.29, 0.717) is 10.6 Å². The number of amides is 1. The van der Waals surface area contributed by atoms with E-state index in [0.717, 1.165) is 31.2 Å². The number of hydrogen-bond acceptors (Lipinski definition) is 3. The van der Waals surface area contributed by atoms with Gasteiger partial charge >= 0.3 is 0 Å². The van der Waals surface area contributed by atoms with Crippen LogP contribution in [0.1, 0.15) is 48.0 Å². The van der Waals surface area contributed by atoms with Crippen LogP contribution < -0.4 is 5.32 Å². The van der Waals surface area contributed by atoms with Crippen molar-refractivity contribution in [1.29, 1.82) is 0 Å². The predicted octanol–water partition coefficient (Wildman–Crippen LogP) is 4.22. The molecule has 1 aliphatic carbocycles. The van der Waals surface area contributed by atoms with Crippen LogP contribution in [-0.4, -0.2) is 31.7 Å². The van der Waals surface area contributed by atoms with Gasteiger partial charge in [0.2, 0.25) is 10.0 Å². The van der Waals surface area contributed by atoms with Gasteiger partial charge in [-0.2, -0.15) is 4.31 Å². The molecule has 0 spiro atoms. The van der Waals surface area contributed by atoms with Crippen LogP contribution in [0.15, 0.2) is 53.4 Å². The van der Waals surface area contributed by atoms with Gasteiger partial charge in [0.25, 0.3) is 5.91 Å². The topological polar surface area (TPSA) is 66.5 Å². The van der Waals surface area contributed by atoms with Gasteiger partial charge in [-0.1, -0.05) is 43.0 Å². The Morgan fingerprint density at radius 2 is 1.64 bits per heavy atom. The second kappa shape index (κ2) is 9.07. The third-order valence-corrected chi connectivity index (χ3v) is 7.15. The molecule has 0 atom stereocenters. The summed E-state index contributed by atoms with van der Waals surface area (Å²) in [5.41, 5.74) is 1.41. The summed E-state index contributed by atoms with van der Waals surface area (Å²) in [6.07, 6.45) is 5.65. The molecule has 150 valence electrons. The summed E-state index contributed by atoms with van der Waals surface area (Å²) >= 11 is 5.83. The van der Waals surface area contributed by atoms with E-state index in [2.05, 4.69) is 5.32 Å². The van der Waals surface area contributed by atoms with Crippen LogP contribution in [0.5, 0.6) is 0 Å². The molecule has 0 unspecified atom stereocenters. The van der Waals surface area contributed by atoms with E-state index in [4.69, 9.17) is 11.6 Å². The van der Waals surface area contributed by atoms with Crippen molar-refractivity contribution in [3.63, 3.8) is 0 Å². The fraction of sp³-hybridized carbons (Fsp3) is 0.381. The van der Waals surface area contributed by atoms with E-state index in [1.54, 1.807) is 36.4 Å². The third-order valence-electron chi connectivity index (χ3n) is 5.08. The van der Waals surface area contributed by atoms with Gasteiger partial charge < -0.3 is 5.32 Å². The van der Waals surface area contributed by atoms with E-state index in [1.165, 1.54) is 29.9 Å².